The summed E-state index contributed by atoms with van der Waals surface area (Å²) in [6, 6.07) is 3.69. The summed E-state index contributed by atoms with van der Waals surface area (Å²) in [4.78, 5) is 11.3. The zero-order chi connectivity index (χ0) is 13.5. The van der Waals surface area contributed by atoms with Crippen LogP contribution < -0.4 is 20.7 Å². The second-order valence-electron chi connectivity index (χ2n) is 3.50. The third-order valence-electron chi connectivity index (χ3n) is 2.22. The number of carbonyl (C=O) groups excluding carboxylic acids is 1. The van der Waals surface area contributed by atoms with Gasteiger partial charge in [-0.2, -0.15) is 0 Å². The van der Waals surface area contributed by atoms with Crippen molar-refractivity contribution in [1.29, 1.82) is 0 Å². The Bertz CT molecular complexity index is 424. The normalized spacial score (nSPS) is 10.0. The van der Waals surface area contributed by atoms with Gasteiger partial charge in [0, 0.05) is 3.57 Å². The lowest BCUT2D eigenvalue weighted by Crippen LogP contribution is -2.31. The maximum Gasteiger partial charge on any atom is 0.238 e. The van der Waals surface area contributed by atoms with Crippen LogP contribution in [0.2, 0.25) is 0 Å². The van der Waals surface area contributed by atoms with E-state index in [1.807, 2.05) is 26.0 Å². The Morgan fingerprint density at radius 3 is 2.33 bits per heavy atom. The molecule has 0 saturated heterocycles. The van der Waals surface area contributed by atoms with Gasteiger partial charge in [0.2, 0.25) is 5.91 Å². The molecule has 5 nitrogen and oxygen atoms in total. The number of carbonyl (C=O) groups is 1. The van der Waals surface area contributed by atoms with Crippen molar-refractivity contribution in [2.24, 2.45) is 5.84 Å². The van der Waals surface area contributed by atoms with Crippen molar-refractivity contribution in [3.05, 3.63) is 21.3 Å². The summed E-state index contributed by atoms with van der Waals surface area (Å²) < 4.78 is 12.0. The van der Waals surface area contributed by atoms with E-state index in [1.165, 1.54) is 0 Å². The molecule has 6 heteroatoms. The first kappa shape index (κ1) is 15.0. The molecule has 0 aliphatic rings. The van der Waals surface area contributed by atoms with Crippen LogP contribution in [0.3, 0.4) is 0 Å². The molecule has 0 aliphatic carbocycles. The predicted octanol–water partition coefficient (Wildman–Crippen LogP) is 1.62. The van der Waals surface area contributed by atoms with Crippen LogP contribution in [0.4, 0.5) is 0 Å². The molecule has 1 rings (SSSR count). The molecule has 3 N–H and O–H groups in total. The van der Waals surface area contributed by atoms with Crippen molar-refractivity contribution < 1.29 is 14.3 Å². The molecular weight excluding hydrogens is 347 g/mol. The maximum absolute atomic E-state index is 11.3. The van der Waals surface area contributed by atoms with Crippen molar-refractivity contribution in [2.75, 3.05) is 13.2 Å². The Hall–Kier alpha value is -1.02. The summed E-state index contributed by atoms with van der Waals surface area (Å²) in [7, 11) is 0. The third-order valence-corrected chi connectivity index (χ3v) is 3.23. The van der Waals surface area contributed by atoms with Gasteiger partial charge in [0.1, 0.15) is 0 Å². The number of ether oxygens (including phenoxy) is 2. The Labute approximate surface area is 120 Å². The molecular formula is C12H17IN2O3. The standard InChI is InChI=1S/C12H17IN2O3/c1-3-17-10-5-8(6-12(16)15-14)9(13)7-11(10)18-4-2/h5,7H,3-4,6,14H2,1-2H3,(H,15,16). The van der Waals surface area contributed by atoms with Gasteiger partial charge in [0.25, 0.3) is 0 Å². The van der Waals surface area contributed by atoms with Crippen LogP contribution in [0, 0.1) is 3.57 Å². The Morgan fingerprint density at radius 2 is 1.83 bits per heavy atom. The number of hydrogen-bond acceptors (Lipinski definition) is 4. The molecule has 0 aliphatic heterocycles. The average molecular weight is 364 g/mol. The van der Waals surface area contributed by atoms with E-state index in [2.05, 4.69) is 28.0 Å². The minimum absolute atomic E-state index is 0.223. The Balaban J connectivity index is 3.05. The minimum Gasteiger partial charge on any atom is -0.490 e. The zero-order valence-corrected chi connectivity index (χ0v) is 12.6. The Kier molecular flexibility index (Phi) is 6.20. The molecule has 0 saturated carbocycles. The highest BCUT2D eigenvalue weighted by molar-refractivity contribution is 14.1. The predicted molar refractivity (Wildman–Crippen MR) is 77.5 cm³/mol. The van der Waals surface area contributed by atoms with Gasteiger partial charge < -0.3 is 9.47 Å². The van der Waals surface area contributed by atoms with Crippen LogP contribution in [0.1, 0.15) is 19.4 Å². The SMILES string of the molecule is CCOc1cc(I)c(CC(=O)NN)cc1OCC. The minimum atomic E-state index is -0.237. The molecule has 0 unspecified atom stereocenters. The van der Waals surface area contributed by atoms with Gasteiger partial charge in [-0.05, 0) is 54.1 Å². The van der Waals surface area contributed by atoms with E-state index in [1.54, 1.807) is 0 Å². The lowest BCUT2D eigenvalue weighted by Gasteiger charge is -2.14. The number of hydrogen-bond donors (Lipinski definition) is 2. The second kappa shape index (κ2) is 7.42. The van der Waals surface area contributed by atoms with Gasteiger partial charge in [-0.1, -0.05) is 0 Å². The van der Waals surface area contributed by atoms with Crippen molar-refractivity contribution in [2.45, 2.75) is 20.3 Å². The summed E-state index contributed by atoms with van der Waals surface area (Å²) in [6.07, 6.45) is 0.223. The summed E-state index contributed by atoms with van der Waals surface area (Å²) in [5, 5.41) is 0. The highest BCUT2D eigenvalue weighted by atomic mass is 127. The van der Waals surface area contributed by atoms with Gasteiger partial charge >= 0.3 is 0 Å². The number of benzene rings is 1. The average Bonchev–Trinajstić information content (AvgIpc) is 2.35. The zero-order valence-electron chi connectivity index (χ0n) is 10.5. The van der Waals surface area contributed by atoms with Crippen molar-refractivity contribution >= 4 is 28.5 Å². The van der Waals surface area contributed by atoms with Crippen LogP contribution >= 0.6 is 22.6 Å². The van der Waals surface area contributed by atoms with E-state index in [-0.39, 0.29) is 12.3 Å². The third kappa shape index (κ3) is 4.02. The van der Waals surface area contributed by atoms with Crippen molar-refractivity contribution in [3.63, 3.8) is 0 Å². The van der Waals surface area contributed by atoms with Gasteiger partial charge in [-0.3, -0.25) is 10.2 Å². The highest BCUT2D eigenvalue weighted by Gasteiger charge is 2.12. The molecule has 100 valence electrons. The monoisotopic (exact) mass is 364 g/mol. The van der Waals surface area contributed by atoms with Gasteiger partial charge in [0.05, 0.1) is 19.6 Å². The summed E-state index contributed by atoms with van der Waals surface area (Å²) in [6.45, 7) is 4.93. The molecule has 0 fully saturated rings. The molecule has 18 heavy (non-hydrogen) atoms. The quantitative estimate of drug-likeness (QED) is 0.348. The van der Waals surface area contributed by atoms with Crippen LogP contribution in [-0.2, 0) is 11.2 Å². The molecule has 0 aromatic heterocycles. The summed E-state index contributed by atoms with van der Waals surface area (Å²) >= 11 is 2.16. The summed E-state index contributed by atoms with van der Waals surface area (Å²) in [5.41, 5.74) is 2.98. The molecule has 0 heterocycles. The number of rotatable bonds is 6. The number of nitrogens with one attached hydrogen (secondary N) is 1. The fourth-order valence-electron chi connectivity index (χ4n) is 1.47. The highest BCUT2D eigenvalue weighted by Crippen LogP contribution is 2.32. The van der Waals surface area contributed by atoms with Gasteiger partial charge in [-0.25, -0.2) is 5.84 Å². The first-order valence-electron chi connectivity index (χ1n) is 5.69. The maximum atomic E-state index is 11.3. The lowest BCUT2D eigenvalue weighted by molar-refractivity contribution is -0.120. The van der Waals surface area contributed by atoms with E-state index in [9.17, 15) is 4.79 Å². The molecule has 0 bridgehead atoms. The molecule has 0 radical (unpaired) electrons. The van der Waals surface area contributed by atoms with Gasteiger partial charge in [-0.15, -0.1) is 0 Å². The smallest absolute Gasteiger partial charge is 0.238 e. The van der Waals surface area contributed by atoms with Crippen molar-refractivity contribution in [3.8, 4) is 11.5 Å². The van der Waals surface area contributed by atoms with E-state index in [0.717, 1.165) is 9.13 Å². The number of hydrazine groups is 1. The lowest BCUT2D eigenvalue weighted by atomic mass is 10.1. The Morgan fingerprint density at radius 1 is 1.28 bits per heavy atom. The van der Waals surface area contributed by atoms with E-state index in [0.29, 0.717) is 24.7 Å². The number of halogens is 1. The van der Waals surface area contributed by atoms with E-state index >= 15 is 0 Å². The number of nitrogens with two attached hydrogens (primary N) is 1. The topological polar surface area (TPSA) is 73.6 Å². The van der Waals surface area contributed by atoms with Crippen LogP contribution in [0.25, 0.3) is 0 Å². The molecule has 1 aromatic rings. The molecule has 1 amide bonds. The first-order valence-corrected chi connectivity index (χ1v) is 6.77. The van der Waals surface area contributed by atoms with E-state index < -0.39 is 0 Å². The first-order chi connectivity index (χ1) is 8.62. The van der Waals surface area contributed by atoms with Crippen LogP contribution in [0.15, 0.2) is 12.1 Å². The molecule has 1 aromatic carbocycles. The number of amides is 1. The largest absolute Gasteiger partial charge is 0.490 e. The molecule has 0 atom stereocenters. The van der Waals surface area contributed by atoms with Crippen LogP contribution in [0.5, 0.6) is 11.5 Å². The van der Waals surface area contributed by atoms with Crippen molar-refractivity contribution in [1.82, 2.24) is 5.43 Å². The fourth-order valence-corrected chi connectivity index (χ4v) is 2.10. The fraction of sp³-hybridized carbons (Fsp3) is 0.417. The molecule has 0 spiro atoms. The van der Waals surface area contributed by atoms with E-state index in [4.69, 9.17) is 15.3 Å². The second-order valence-corrected chi connectivity index (χ2v) is 4.66. The van der Waals surface area contributed by atoms with Gasteiger partial charge in [0.15, 0.2) is 11.5 Å². The summed E-state index contributed by atoms with van der Waals surface area (Å²) in [5.74, 6) is 6.20. The van der Waals surface area contributed by atoms with Crippen LogP contribution in [-0.4, -0.2) is 19.1 Å².